The molecule has 1 saturated heterocycles. The predicted octanol–water partition coefficient (Wildman–Crippen LogP) is 1.70. The molecule has 2 heterocycles. The van der Waals surface area contributed by atoms with E-state index in [0.717, 1.165) is 24.8 Å². The number of carbonyl (C=O) groups is 7. The smallest absolute Gasteiger partial charge is 0.430 e. The van der Waals surface area contributed by atoms with Crippen LogP contribution in [0.2, 0.25) is 0 Å². The first-order valence-corrected chi connectivity index (χ1v) is 22.8. The van der Waals surface area contributed by atoms with Crippen molar-refractivity contribution in [3.05, 3.63) is 65.5 Å². The number of amidine groups is 1. The van der Waals surface area contributed by atoms with Crippen molar-refractivity contribution in [3.63, 3.8) is 0 Å². The van der Waals surface area contributed by atoms with E-state index in [1.165, 1.54) is 4.90 Å². The van der Waals surface area contributed by atoms with Crippen LogP contribution in [0.15, 0.2) is 48.8 Å². The highest BCUT2D eigenvalue weighted by Gasteiger charge is 2.41. The molecule has 67 heavy (non-hydrogen) atoms. The van der Waals surface area contributed by atoms with Gasteiger partial charge in [0.05, 0.1) is 0 Å². The fourth-order valence-electron chi connectivity index (χ4n) is 8.72. The molecule has 0 radical (unpaired) electrons. The summed E-state index contributed by atoms with van der Waals surface area (Å²) < 4.78 is 33.4. The molecule has 20 heteroatoms. The van der Waals surface area contributed by atoms with E-state index in [2.05, 4.69) is 16.0 Å². The Morgan fingerprint density at radius 1 is 0.806 bits per heavy atom. The van der Waals surface area contributed by atoms with E-state index >= 15 is 0 Å². The molecule has 1 aliphatic heterocycles. The monoisotopic (exact) mass is 944 g/mol. The van der Waals surface area contributed by atoms with Gasteiger partial charge in [-0.05, 0) is 89.7 Å². The maximum atomic E-state index is 14.7. The van der Waals surface area contributed by atoms with Crippen LogP contribution < -0.4 is 37.1 Å². The Labute approximate surface area is 390 Å². The van der Waals surface area contributed by atoms with Crippen LogP contribution in [-0.4, -0.2) is 106 Å². The Hall–Kier alpha value is -6.08. The SMILES string of the molecule is CC(C)C[C@H](NC(=O)[C@H](Cc1ccc[n+](C)c1)NC(=O)[C@@H](NC(=O)C(Cc1ccc(C(=N)N)cc1)C(=O)N(C(C)C)C(C)C)C1CCCCC1)C(=O)N1CCC[C@H]1C(N)=O.O=C([O-])C(F)(F)F. The number of primary amides is 1. The van der Waals surface area contributed by atoms with Crippen LogP contribution >= 0.6 is 0 Å². The number of carbonyl (C=O) groups excluding carboxylic acids is 7. The van der Waals surface area contributed by atoms with Crippen molar-refractivity contribution in [1.29, 1.82) is 5.41 Å². The second-order valence-corrected chi connectivity index (χ2v) is 18.4. The molecule has 1 aromatic carbocycles. The molecule has 0 bridgehead atoms. The molecule has 370 valence electrons. The molecule has 4 rings (SSSR count). The lowest BCUT2D eigenvalue weighted by Crippen LogP contribution is -2.60. The zero-order chi connectivity index (χ0) is 50.3. The third-order valence-corrected chi connectivity index (χ3v) is 11.9. The lowest BCUT2D eigenvalue weighted by atomic mass is 9.83. The fourth-order valence-corrected chi connectivity index (χ4v) is 8.72. The minimum absolute atomic E-state index is 0.00559. The van der Waals surface area contributed by atoms with E-state index in [-0.39, 0.29) is 48.5 Å². The summed E-state index contributed by atoms with van der Waals surface area (Å²) in [7, 11) is 1.85. The van der Waals surface area contributed by atoms with Gasteiger partial charge in [0.25, 0.3) is 0 Å². The summed E-state index contributed by atoms with van der Waals surface area (Å²) in [6.45, 7) is 11.8. The molecule has 1 unspecified atom stereocenters. The van der Waals surface area contributed by atoms with Crippen molar-refractivity contribution in [3.8, 4) is 0 Å². The number of alkyl halides is 3. The number of benzene rings is 1. The van der Waals surface area contributed by atoms with Gasteiger partial charge in [0.2, 0.25) is 35.4 Å². The zero-order valence-corrected chi connectivity index (χ0v) is 39.5. The highest BCUT2D eigenvalue weighted by atomic mass is 19.4. The number of carboxylic acid groups (broad SMARTS) is 1. The van der Waals surface area contributed by atoms with E-state index in [0.29, 0.717) is 49.8 Å². The molecular formula is C47H68F3N9O8. The van der Waals surface area contributed by atoms with Crippen molar-refractivity contribution >= 4 is 47.2 Å². The van der Waals surface area contributed by atoms with Crippen molar-refractivity contribution in [2.24, 2.45) is 36.3 Å². The number of pyridine rings is 1. The maximum absolute atomic E-state index is 14.7. The number of nitrogens with zero attached hydrogens (tertiary/aromatic N) is 3. The average molecular weight is 944 g/mol. The van der Waals surface area contributed by atoms with Crippen molar-refractivity contribution in [1.82, 2.24) is 25.8 Å². The first kappa shape index (κ1) is 55.2. The van der Waals surface area contributed by atoms with Gasteiger partial charge in [-0.15, -0.1) is 0 Å². The number of likely N-dealkylation sites (tertiary alicyclic amines) is 1. The summed E-state index contributed by atoms with van der Waals surface area (Å²) in [5.74, 6) is -7.64. The zero-order valence-electron chi connectivity index (χ0n) is 39.5. The first-order chi connectivity index (χ1) is 31.3. The molecule has 1 aromatic heterocycles. The summed E-state index contributed by atoms with van der Waals surface area (Å²) in [5.41, 5.74) is 13.3. The number of aryl methyl sites for hydroxylation is 1. The van der Waals surface area contributed by atoms with Crippen molar-refractivity contribution < 1.29 is 56.4 Å². The van der Waals surface area contributed by atoms with Gasteiger partial charge in [0.1, 0.15) is 48.9 Å². The summed E-state index contributed by atoms with van der Waals surface area (Å²) in [6.07, 6.45) is 4.04. The highest BCUT2D eigenvalue weighted by Crippen LogP contribution is 2.28. The number of halogens is 3. The maximum Gasteiger partial charge on any atom is 0.430 e. The van der Waals surface area contributed by atoms with E-state index in [4.69, 9.17) is 26.8 Å². The second-order valence-electron chi connectivity index (χ2n) is 18.4. The number of aromatic nitrogens is 1. The first-order valence-electron chi connectivity index (χ1n) is 22.8. The van der Waals surface area contributed by atoms with Crippen LogP contribution in [0, 0.1) is 23.2 Å². The number of nitrogens with two attached hydrogens (primary N) is 2. The largest absolute Gasteiger partial charge is 0.542 e. The van der Waals surface area contributed by atoms with Crippen LogP contribution in [0.3, 0.4) is 0 Å². The molecule has 8 N–H and O–H groups in total. The van der Waals surface area contributed by atoms with Gasteiger partial charge in [-0.25, -0.2) is 4.57 Å². The molecule has 17 nitrogen and oxygen atoms in total. The minimum Gasteiger partial charge on any atom is -0.542 e. The van der Waals surface area contributed by atoms with Gasteiger partial charge in [-0.2, -0.15) is 13.2 Å². The Morgan fingerprint density at radius 3 is 1.90 bits per heavy atom. The average Bonchev–Trinajstić information content (AvgIpc) is 3.74. The summed E-state index contributed by atoms with van der Waals surface area (Å²) in [4.78, 5) is 96.2. The topological polar surface area (TPSA) is 265 Å². The molecular weight excluding hydrogens is 876 g/mol. The molecule has 2 aliphatic rings. The van der Waals surface area contributed by atoms with Gasteiger partial charge in [0.15, 0.2) is 12.4 Å². The van der Waals surface area contributed by atoms with Gasteiger partial charge in [-0.1, -0.05) is 57.4 Å². The Kier molecular flexibility index (Phi) is 20.8. The van der Waals surface area contributed by atoms with Crippen molar-refractivity contribution in [2.45, 2.75) is 148 Å². The molecule has 2 fully saturated rings. The predicted molar refractivity (Wildman–Crippen MR) is 240 cm³/mol. The van der Waals surface area contributed by atoms with Crippen LogP contribution in [0.25, 0.3) is 0 Å². The number of carboxylic acids is 1. The van der Waals surface area contributed by atoms with Crippen LogP contribution in [0.1, 0.15) is 110 Å². The number of hydrogen-bond donors (Lipinski definition) is 6. The molecule has 6 amide bonds. The molecule has 2 aromatic rings. The summed E-state index contributed by atoms with van der Waals surface area (Å²) in [6, 6.07) is 6.17. The second kappa shape index (κ2) is 25.2. The van der Waals surface area contributed by atoms with Gasteiger partial charge < -0.3 is 47.1 Å². The molecule has 5 atom stereocenters. The van der Waals surface area contributed by atoms with Crippen molar-refractivity contribution in [2.75, 3.05) is 6.54 Å². The fraction of sp³-hybridized carbons (Fsp3) is 0.596. The molecule has 0 spiro atoms. The molecule has 1 aliphatic carbocycles. The molecule has 1 saturated carbocycles. The van der Waals surface area contributed by atoms with E-state index < -0.39 is 71.8 Å². The Balaban J connectivity index is 0.00000157. The van der Waals surface area contributed by atoms with E-state index in [9.17, 15) is 41.9 Å². The van der Waals surface area contributed by atoms with Crippen LogP contribution in [0.4, 0.5) is 13.2 Å². The van der Waals surface area contributed by atoms with Gasteiger partial charge >= 0.3 is 6.18 Å². The standard InChI is InChI=1S/C45H67N9O6.C2HF3O2/c1-27(2)23-36(45(60)53-22-12-16-37(53)40(48)55)50-42(57)35(25-31-13-11-21-52(7)26-31)49-43(58)38(32-14-9-8-10-15-32)51-41(56)34(44(59)54(28(3)4)29(5)6)24-30-17-19-33(20-18-30)39(46)47;3-2(4,5)1(6)7/h11,13,17-21,26-29,32,34-38H,8-10,12,14-16,22-25H2,1-7H3,(H7-,46,47,48,49,50,51,55,56,57,58);(H,6,7)/t34?,35-,36-,37-,38-;/m0./s1. The summed E-state index contributed by atoms with van der Waals surface area (Å²) >= 11 is 0. The number of rotatable bonds is 19. The quantitative estimate of drug-likeness (QED) is 0.0518. The third kappa shape index (κ3) is 16.6. The van der Waals surface area contributed by atoms with E-state index in [1.54, 1.807) is 29.2 Å². The Bertz CT molecular complexity index is 2050. The number of amides is 6. The van der Waals surface area contributed by atoms with Crippen LogP contribution in [-0.2, 0) is 53.5 Å². The van der Waals surface area contributed by atoms with Gasteiger partial charge in [-0.3, -0.25) is 34.2 Å². The summed E-state index contributed by atoms with van der Waals surface area (Å²) in [5, 5.41) is 25.5. The number of aliphatic carboxylic acids is 1. The van der Waals surface area contributed by atoms with E-state index in [1.807, 2.05) is 77.7 Å². The third-order valence-electron chi connectivity index (χ3n) is 11.9. The minimum atomic E-state index is -5.19. The Morgan fingerprint density at radius 2 is 1.39 bits per heavy atom. The lowest BCUT2D eigenvalue weighted by molar-refractivity contribution is -0.671. The number of nitrogens with one attached hydrogen (secondary N) is 4. The normalized spacial score (nSPS) is 17.1. The number of nitrogen functional groups attached to an aromatic ring is 1. The van der Waals surface area contributed by atoms with Gasteiger partial charge in [0, 0.05) is 42.2 Å². The lowest BCUT2D eigenvalue weighted by Gasteiger charge is -2.35. The van der Waals surface area contributed by atoms with Crippen LogP contribution in [0.5, 0.6) is 0 Å². The highest BCUT2D eigenvalue weighted by molar-refractivity contribution is 6.03. The number of hydrogen-bond acceptors (Lipinski definition) is 9.